The van der Waals surface area contributed by atoms with Crippen LogP contribution in [0.4, 0.5) is 0 Å². The molecule has 3 rings (SSSR count). The lowest BCUT2D eigenvalue weighted by atomic mass is 9.86. The van der Waals surface area contributed by atoms with E-state index in [-0.39, 0.29) is 5.91 Å². The van der Waals surface area contributed by atoms with Crippen LogP contribution in [0.5, 0.6) is 11.5 Å². The van der Waals surface area contributed by atoms with E-state index >= 15 is 0 Å². The van der Waals surface area contributed by atoms with Gasteiger partial charge in [-0.2, -0.15) is 0 Å². The normalized spacial score (nSPS) is 23.9. The number of rotatable bonds is 4. The number of fused-ring (bicyclic) bond motifs is 1. The molecule has 0 saturated heterocycles. The van der Waals surface area contributed by atoms with E-state index in [4.69, 9.17) is 9.47 Å². The molecule has 0 radical (unpaired) electrons. The molecule has 0 spiro atoms. The lowest BCUT2D eigenvalue weighted by molar-refractivity contribution is -0.119. The van der Waals surface area contributed by atoms with Crippen LogP contribution < -0.4 is 14.8 Å². The number of hydrogen-bond acceptors (Lipinski definition) is 4. The van der Waals surface area contributed by atoms with Gasteiger partial charge in [-0.05, 0) is 37.0 Å². The minimum atomic E-state index is 0.126. The average molecular weight is 335 g/mol. The van der Waals surface area contributed by atoms with Crippen LogP contribution in [0.15, 0.2) is 23.1 Å². The van der Waals surface area contributed by atoms with Crippen LogP contribution in [0.3, 0.4) is 0 Å². The van der Waals surface area contributed by atoms with Gasteiger partial charge >= 0.3 is 0 Å². The summed E-state index contributed by atoms with van der Waals surface area (Å²) in [5.74, 6) is 2.75. The van der Waals surface area contributed by atoms with E-state index in [9.17, 15) is 4.79 Å². The van der Waals surface area contributed by atoms with Gasteiger partial charge in [-0.1, -0.05) is 19.8 Å². The highest BCUT2D eigenvalue weighted by atomic mass is 32.2. The average Bonchev–Trinajstić information content (AvgIpc) is 2.80. The highest BCUT2D eigenvalue weighted by molar-refractivity contribution is 8.00. The summed E-state index contributed by atoms with van der Waals surface area (Å²) in [6, 6.07) is 6.25. The molecular formula is C18H25NO3S. The molecule has 1 heterocycles. The van der Waals surface area contributed by atoms with Gasteiger partial charge in [0.05, 0.1) is 19.0 Å². The van der Waals surface area contributed by atoms with Crippen LogP contribution in [-0.2, 0) is 4.79 Å². The standard InChI is InChI=1S/C18H25NO3S/c1-13-5-2-3-6-15(13)19-18(20)12-23-14-7-8-16-17(11-14)22-10-4-9-21-16/h7-8,11,13,15H,2-6,9-10,12H2,1H3,(H,19,20)/t13-,15-/m1/s1. The zero-order valence-corrected chi connectivity index (χ0v) is 14.5. The first kappa shape index (κ1) is 16.5. The molecule has 1 aliphatic carbocycles. The molecule has 1 aromatic rings. The number of carbonyl (C=O) groups is 1. The SMILES string of the molecule is C[C@@H]1CCCC[C@H]1NC(=O)CSc1ccc2c(c1)OCCCO2. The Labute approximate surface area is 142 Å². The monoisotopic (exact) mass is 335 g/mol. The first-order chi connectivity index (χ1) is 11.2. The summed E-state index contributed by atoms with van der Waals surface area (Å²) in [6.45, 7) is 3.61. The van der Waals surface area contributed by atoms with E-state index in [0.29, 0.717) is 30.9 Å². The molecule has 1 aliphatic heterocycles. The molecule has 0 aromatic heterocycles. The van der Waals surface area contributed by atoms with E-state index < -0.39 is 0 Å². The Kier molecular flexibility index (Phi) is 5.70. The van der Waals surface area contributed by atoms with Gasteiger partial charge in [-0.25, -0.2) is 0 Å². The molecule has 1 saturated carbocycles. The van der Waals surface area contributed by atoms with Crippen molar-refractivity contribution in [2.24, 2.45) is 5.92 Å². The van der Waals surface area contributed by atoms with Gasteiger partial charge in [0.25, 0.3) is 0 Å². The number of hydrogen-bond donors (Lipinski definition) is 1. The third-order valence-electron chi connectivity index (χ3n) is 4.55. The molecule has 2 atom stereocenters. The third kappa shape index (κ3) is 4.56. The predicted octanol–water partition coefficient (Wildman–Crippen LogP) is 3.63. The van der Waals surface area contributed by atoms with Crippen molar-refractivity contribution in [2.75, 3.05) is 19.0 Å². The Morgan fingerprint density at radius 3 is 2.78 bits per heavy atom. The Morgan fingerprint density at radius 1 is 1.17 bits per heavy atom. The molecule has 0 bridgehead atoms. The third-order valence-corrected chi connectivity index (χ3v) is 5.54. The number of benzene rings is 1. The maximum atomic E-state index is 12.2. The fourth-order valence-electron chi connectivity index (χ4n) is 3.16. The van der Waals surface area contributed by atoms with E-state index in [2.05, 4.69) is 12.2 Å². The predicted molar refractivity (Wildman–Crippen MR) is 92.3 cm³/mol. The van der Waals surface area contributed by atoms with Crippen molar-refractivity contribution in [3.8, 4) is 11.5 Å². The van der Waals surface area contributed by atoms with Crippen molar-refractivity contribution >= 4 is 17.7 Å². The van der Waals surface area contributed by atoms with Gasteiger partial charge < -0.3 is 14.8 Å². The van der Waals surface area contributed by atoms with Crippen molar-refractivity contribution in [1.82, 2.24) is 5.32 Å². The molecule has 1 fully saturated rings. The number of amides is 1. The number of carbonyl (C=O) groups excluding carboxylic acids is 1. The second-order valence-corrected chi connectivity index (χ2v) is 7.43. The van der Waals surface area contributed by atoms with Gasteiger partial charge in [0, 0.05) is 17.4 Å². The van der Waals surface area contributed by atoms with Crippen LogP contribution >= 0.6 is 11.8 Å². The van der Waals surface area contributed by atoms with Gasteiger partial charge in [-0.3, -0.25) is 4.79 Å². The summed E-state index contributed by atoms with van der Waals surface area (Å²) in [6.07, 6.45) is 5.76. The van der Waals surface area contributed by atoms with Crippen molar-refractivity contribution in [2.45, 2.75) is 50.0 Å². The Hall–Kier alpha value is -1.36. The quantitative estimate of drug-likeness (QED) is 0.854. The summed E-state index contributed by atoms with van der Waals surface area (Å²) >= 11 is 1.55. The Morgan fingerprint density at radius 2 is 1.96 bits per heavy atom. The van der Waals surface area contributed by atoms with Crippen LogP contribution in [0.25, 0.3) is 0 Å². The van der Waals surface area contributed by atoms with Crippen LogP contribution in [0, 0.1) is 5.92 Å². The highest BCUT2D eigenvalue weighted by Crippen LogP contribution is 2.34. The summed E-state index contributed by atoms with van der Waals surface area (Å²) in [7, 11) is 0. The van der Waals surface area contributed by atoms with Crippen molar-refractivity contribution in [3.05, 3.63) is 18.2 Å². The zero-order valence-electron chi connectivity index (χ0n) is 13.7. The number of thioether (sulfide) groups is 1. The minimum absolute atomic E-state index is 0.126. The first-order valence-corrected chi connectivity index (χ1v) is 9.53. The Balaban J connectivity index is 1.51. The summed E-state index contributed by atoms with van der Waals surface area (Å²) in [4.78, 5) is 13.2. The first-order valence-electron chi connectivity index (χ1n) is 8.54. The summed E-state index contributed by atoms with van der Waals surface area (Å²) in [5.41, 5.74) is 0. The summed E-state index contributed by atoms with van der Waals surface area (Å²) in [5, 5.41) is 3.20. The fourth-order valence-corrected chi connectivity index (χ4v) is 3.90. The molecule has 1 aromatic carbocycles. The topological polar surface area (TPSA) is 47.6 Å². The lowest BCUT2D eigenvalue weighted by Gasteiger charge is -2.29. The number of ether oxygens (including phenoxy) is 2. The fraction of sp³-hybridized carbons (Fsp3) is 0.611. The zero-order chi connectivity index (χ0) is 16.1. The van der Waals surface area contributed by atoms with E-state index in [1.165, 1.54) is 19.3 Å². The number of nitrogens with one attached hydrogen (secondary N) is 1. The van der Waals surface area contributed by atoms with Gasteiger partial charge in [-0.15, -0.1) is 11.8 Å². The maximum Gasteiger partial charge on any atom is 0.230 e. The van der Waals surface area contributed by atoms with E-state index in [1.54, 1.807) is 11.8 Å². The molecule has 23 heavy (non-hydrogen) atoms. The van der Waals surface area contributed by atoms with Gasteiger partial charge in [0.15, 0.2) is 11.5 Å². The summed E-state index contributed by atoms with van der Waals surface area (Å²) < 4.78 is 11.3. The Bertz CT molecular complexity index is 549. The maximum absolute atomic E-state index is 12.2. The van der Waals surface area contributed by atoms with Crippen molar-refractivity contribution < 1.29 is 14.3 Å². The smallest absolute Gasteiger partial charge is 0.230 e. The van der Waals surface area contributed by atoms with Crippen LogP contribution in [-0.4, -0.2) is 30.9 Å². The lowest BCUT2D eigenvalue weighted by Crippen LogP contribution is -2.41. The second-order valence-electron chi connectivity index (χ2n) is 6.38. The molecule has 1 N–H and O–H groups in total. The largest absolute Gasteiger partial charge is 0.490 e. The molecule has 5 heteroatoms. The van der Waals surface area contributed by atoms with Crippen molar-refractivity contribution in [1.29, 1.82) is 0 Å². The van der Waals surface area contributed by atoms with Gasteiger partial charge in [0.1, 0.15) is 0 Å². The van der Waals surface area contributed by atoms with E-state index in [1.807, 2.05) is 18.2 Å². The second kappa shape index (κ2) is 7.95. The van der Waals surface area contributed by atoms with Crippen LogP contribution in [0.2, 0.25) is 0 Å². The molecule has 126 valence electrons. The molecule has 1 amide bonds. The molecular weight excluding hydrogens is 310 g/mol. The van der Waals surface area contributed by atoms with Crippen LogP contribution in [0.1, 0.15) is 39.0 Å². The van der Waals surface area contributed by atoms with E-state index in [0.717, 1.165) is 29.2 Å². The van der Waals surface area contributed by atoms with Gasteiger partial charge in [0.2, 0.25) is 5.91 Å². The van der Waals surface area contributed by atoms with Crippen molar-refractivity contribution in [3.63, 3.8) is 0 Å². The highest BCUT2D eigenvalue weighted by Gasteiger charge is 2.22. The molecule has 0 unspecified atom stereocenters. The molecule has 4 nitrogen and oxygen atoms in total. The minimum Gasteiger partial charge on any atom is -0.490 e. The molecule has 2 aliphatic rings.